The molecule has 0 saturated carbocycles. The largest absolute Gasteiger partial charge is 0.497 e. The van der Waals surface area contributed by atoms with Crippen LogP contribution in [-0.2, 0) is 0 Å². The summed E-state index contributed by atoms with van der Waals surface area (Å²) in [4.78, 5) is 20.2. The molecule has 0 aliphatic rings. The lowest BCUT2D eigenvalue weighted by molar-refractivity contribution is 0.0962. The summed E-state index contributed by atoms with van der Waals surface area (Å²) in [7, 11) is 1.57. The Labute approximate surface area is 140 Å². The van der Waals surface area contributed by atoms with Crippen molar-refractivity contribution in [2.24, 2.45) is 0 Å². The molecule has 1 amide bonds. The first-order chi connectivity index (χ1) is 11.7. The van der Waals surface area contributed by atoms with Crippen molar-refractivity contribution in [3.63, 3.8) is 0 Å². The van der Waals surface area contributed by atoms with Crippen molar-refractivity contribution in [3.05, 3.63) is 36.2 Å². The van der Waals surface area contributed by atoms with Gasteiger partial charge in [-0.25, -0.2) is 9.97 Å². The second-order valence-electron chi connectivity index (χ2n) is 5.07. The molecular weight excluding hydrogens is 308 g/mol. The third kappa shape index (κ3) is 4.48. The molecule has 1 aromatic heterocycles. The molecule has 8 nitrogen and oxygen atoms in total. The Balaban J connectivity index is 1.97. The van der Waals surface area contributed by atoms with Gasteiger partial charge in [-0.3, -0.25) is 15.6 Å². The number of amides is 1. The number of nitrogen functional groups attached to an aromatic ring is 1. The van der Waals surface area contributed by atoms with Crippen LogP contribution in [0.4, 0.5) is 17.3 Å². The van der Waals surface area contributed by atoms with E-state index in [0.29, 0.717) is 28.6 Å². The number of nitrogens with zero attached hydrogens (tertiary/aromatic N) is 2. The van der Waals surface area contributed by atoms with E-state index >= 15 is 0 Å². The van der Waals surface area contributed by atoms with Gasteiger partial charge < -0.3 is 15.8 Å². The van der Waals surface area contributed by atoms with E-state index in [1.54, 1.807) is 31.4 Å². The highest BCUT2D eigenvalue weighted by molar-refractivity contribution is 5.95. The third-order valence-corrected chi connectivity index (χ3v) is 3.35. The summed E-state index contributed by atoms with van der Waals surface area (Å²) < 4.78 is 5.06. The lowest BCUT2D eigenvalue weighted by atomic mass is 10.2. The molecule has 0 aliphatic carbocycles. The Morgan fingerprint density at radius 2 is 1.92 bits per heavy atom. The number of hydrogen-bond donors (Lipinski definition) is 4. The zero-order valence-corrected chi connectivity index (χ0v) is 13.8. The fraction of sp³-hybridized carbons (Fsp3) is 0.312. The highest BCUT2D eigenvalue weighted by Crippen LogP contribution is 2.21. The van der Waals surface area contributed by atoms with Crippen LogP contribution in [0.1, 0.15) is 30.1 Å². The second kappa shape index (κ2) is 8.56. The van der Waals surface area contributed by atoms with Gasteiger partial charge in [0, 0.05) is 12.1 Å². The molecule has 5 N–H and O–H groups in total. The number of ether oxygens (including phenoxy) is 1. The van der Waals surface area contributed by atoms with Crippen LogP contribution in [0.3, 0.4) is 0 Å². The van der Waals surface area contributed by atoms with Crippen molar-refractivity contribution in [3.8, 4) is 5.75 Å². The summed E-state index contributed by atoms with van der Waals surface area (Å²) in [6.45, 7) is 2.88. The van der Waals surface area contributed by atoms with Gasteiger partial charge in [0.2, 0.25) is 0 Å². The van der Waals surface area contributed by atoms with Crippen LogP contribution in [0.25, 0.3) is 0 Å². The molecule has 1 heterocycles. The van der Waals surface area contributed by atoms with Crippen LogP contribution in [-0.4, -0.2) is 29.5 Å². The number of hydrogen-bond acceptors (Lipinski definition) is 7. The minimum Gasteiger partial charge on any atom is -0.497 e. The molecule has 0 radical (unpaired) electrons. The predicted molar refractivity (Wildman–Crippen MR) is 93.9 cm³/mol. The number of nitrogens with one attached hydrogen (secondary N) is 3. The van der Waals surface area contributed by atoms with E-state index in [9.17, 15) is 4.79 Å². The highest BCUT2D eigenvalue weighted by Gasteiger charge is 2.10. The van der Waals surface area contributed by atoms with E-state index in [0.717, 1.165) is 19.4 Å². The van der Waals surface area contributed by atoms with Crippen molar-refractivity contribution in [2.75, 3.05) is 30.1 Å². The molecule has 0 fully saturated rings. The molecule has 1 aromatic carbocycles. The molecule has 128 valence electrons. The maximum Gasteiger partial charge on any atom is 0.269 e. The molecule has 0 spiro atoms. The standard InChI is InChI=1S/C16H22N6O2/c1-3-4-9-18-14-13(17)15(20-10-19-14)21-22-16(23)11-5-7-12(24-2)8-6-11/h5-8,10H,3-4,9,17H2,1-2H3,(H,22,23)(H2,18,19,20,21). The number of hydrazine groups is 1. The van der Waals surface area contributed by atoms with Gasteiger partial charge in [-0.2, -0.15) is 0 Å². The summed E-state index contributed by atoms with van der Waals surface area (Å²) in [5.74, 6) is 1.25. The molecule has 8 heteroatoms. The number of anilines is 3. The van der Waals surface area contributed by atoms with Gasteiger partial charge in [0.1, 0.15) is 17.8 Å². The smallest absolute Gasteiger partial charge is 0.269 e. The maximum atomic E-state index is 12.1. The molecule has 2 aromatic rings. The molecule has 0 aliphatic heterocycles. The van der Waals surface area contributed by atoms with E-state index < -0.39 is 0 Å². The topological polar surface area (TPSA) is 114 Å². The minimum absolute atomic E-state index is 0.309. The van der Waals surface area contributed by atoms with Crippen LogP contribution in [0.15, 0.2) is 30.6 Å². The first kappa shape index (κ1) is 17.3. The fourth-order valence-corrected chi connectivity index (χ4v) is 1.95. The average Bonchev–Trinajstić information content (AvgIpc) is 2.62. The van der Waals surface area contributed by atoms with Gasteiger partial charge in [0.15, 0.2) is 11.6 Å². The fourth-order valence-electron chi connectivity index (χ4n) is 1.95. The van der Waals surface area contributed by atoms with Crippen LogP contribution >= 0.6 is 0 Å². The SMILES string of the molecule is CCCCNc1ncnc(NNC(=O)c2ccc(OC)cc2)c1N. The predicted octanol–water partition coefficient (Wildman–Crippen LogP) is 2.04. The molecule has 0 saturated heterocycles. The van der Waals surface area contributed by atoms with Gasteiger partial charge >= 0.3 is 0 Å². The number of carbonyl (C=O) groups excluding carboxylic acids is 1. The number of carbonyl (C=O) groups is 1. The van der Waals surface area contributed by atoms with E-state index in [2.05, 4.69) is 33.1 Å². The van der Waals surface area contributed by atoms with Gasteiger partial charge in [-0.15, -0.1) is 0 Å². The van der Waals surface area contributed by atoms with Gasteiger partial charge in [0.05, 0.1) is 7.11 Å². The Hall–Kier alpha value is -3.03. The Bertz CT molecular complexity index is 675. The summed E-state index contributed by atoms with van der Waals surface area (Å²) >= 11 is 0. The Kier molecular flexibility index (Phi) is 6.18. The molecule has 24 heavy (non-hydrogen) atoms. The Morgan fingerprint density at radius 1 is 1.21 bits per heavy atom. The number of nitrogens with two attached hydrogens (primary N) is 1. The average molecular weight is 330 g/mol. The first-order valence-corrected chi connectivity index (χ1v) is 7.70. The summed E-state index contributed by atoms with van der Waals surface area (Å²) in [6, 6.07) is 6.75. The quantitative estimate of drug-likeness (QED) is 0.432. The highest BCUT2D eigenvalue weighted by atomic mass is 16.5. The number of aromatic nitrogens is 2. The number of rotatable bonds is 8. The maximum absolute atomic E-state index is 12.1. The van der Waals surface area contributed by atoms with Gasteiger partial charge in [0.25, 0.3) is 5.91 Å². The summed E-state index contributed by atoms with van der Waals surface area (Å²) in [6.07, 6.45) is 3.47. The zero-order valence-electron chi connectivity index (χ0n) is 13.8. The first-order valence-electron chi connectivity index (χ1n) is 7.70. The molecule has 0 bridgehead atoms. The molecule has 0 atom stereocenters. The zero-order chi connectivity index (χ0) is 17.4. The van der Waals surface area contributed by atoms with Crippen molar-refractivity contribution >= 4 is 23.2 Å². The van der Waals surface area contributed by atoms with E-state index in [1.165, 1.54) is 6.33 Å². The van der Waals surface area contributed by atoms with Crippen LogP contribution < -0.4 is 26.6 Å². The van der Waals surface area contributed by atoms with Crippen molar-refractivity contribution in [1.82, 2.24) is 15.4 Å². The van der Waals surface area contributed by atoms with Crippen LogP contribution in [0.2, 0.25) is 0 Å². The van der Waals surface area contributed by atoms with Crippen LogP contribution in [0.5, 0.6) is 5.75 Å². The number of methoxy groups -OCH3 is 1. The molecular formula is C16H22N6O2. The van der Waals surface area contributed by atoms with Gasteiger partial charge in [-0.05, 0) is 30.7 Å². The van der Waals surface area contributed by atoms with Gasteiger partial charge in [-0.1, -0.05) is 13.3 Å². The van der Waals surface area contributed by atoms with Crippen molar-refractivity contribution < 1.29 is 9.53 Å². The van der Waals surface area contributed by atoms with Crippen molar-refractivity contribution in [2.45, 2.75) is 19.8 Å². The van der Waals surface area contributed by atoms with E-state index in [-0.39, 0.29) is 5.91 Å². The normalized spacial score (nSPS) is 10.1. The van der Waals surface area contributed by atoms with Crippen LogP contribution in [0, 0.1) is 0 Å². The molecule has 0 unspecified atom stereocenters. The van der Waals surface area contributed by atoms with E-state index in [4.69, 9.17) is 10.5 Å². The lowest BCUT2D eigenvalue weighted by Crippen LogP contribution is -2.30. The molecule has 2 rings (SSSR count). The minimum atomic E-state index is -0.309. The Morgan fingerprint density at radius 3 is 2.58 bits per heavy atom. The summed E-state index contributed by atoms with van der Waals surface area (Å²) in [5, 5.41) is 3.14. The summed E-state index contributed by atoms with van der Waals surface area (Å²) in [5.41, 5.74) is 12.1. The third-order valence-electron chi connectivity index (χ3n) is 3.35. The lowest BCUT2D eigenvalue weighted by Gasteiger charge is -2.13. The van der Waals surface area contributed by atoms with Crippen molar-refractivity contribution in [1.29, 1.82) is 0 Å². The second-order valence-corrected chi connectivity index (χ2v) is 5.07. The van der Waals surface area contributed by atoms with E-state index in [1.807, 2.05) is 0 Å². The number of unbranched alkanes of at least 4 members (excludes halogenated alkanes) is 1. The monoisotopic (exact) mass is 330 g/mol. The number of benzene rings is 1.